The lowest BCUT2D eigenvalue weighted by Crippen LogP contribution is -2.37. The maximum Gasteiger partial charge on any atom is 0.333 e. The van der Waals surface area contributed by atoms with E-state index in [1.165, 1.54) is 14.7 Å². The Morgan fingerprint density at radius 1 is 0.400 bits per heavy atom. The first-order valence-electron chi connectivity index (χ1n) is 23.6. The van der Waals surface area contributed by atoms with Crippen LogP contribution in [0.15, 0.2) is 146 Å². The Bertz CT molecular complexity index is 2840. The summed E-state index contributed by atoms with van der Waals surface area (Å²) in [6.45, 7) is 5.92. The monoisotopic (exact) mass is 1140 g/mol. The lowest BCUT2D eigenvalue weighted by molar-refractivity contribution is -0.154. The highest BCUT2D eigenvalue weighted by Crippen LogP contribution is 2.30. The number of nitrogens with zero attached hydrogens (tertiary/aromatic N) is 3. The van der Waals surface area contributed by atoms with Gasteiger partial charge in [-0.05, 0) is 90.6 Å². The van der Waals surface area contributed by atoms with Gasteiger partial charge in [0.25, 0.3) is 0 Å². The fraction of sp³-hybridized carbons (Fsp3) is 0.263. The van der Waals surface area contributed by atoms with Gasteiger partial charge in [-0.2, -0.15) is 0 Å². The molecule has 0 aliphatic rings. The van der Waals surface area contributed by atoms with Crippen molar-refractivity contribution in [3.8, 4) is 0 Å². The minimum atomic E-state index is -0.824. The fourth-order valence-electron chi connectivity index (χ4n) is 7.43. The van der Waals surface area contributed by atoms with E-state index >= 15 is 0 Å². The van der Waals surface area contributed by atoms with Gasteiger partial charge >= 0.3 is 17.9 Å². The quantitative estimate of drug-likeness (QED) is 0.0608. The van der Waals surface area contributed by atoms with Gasteiger partial charge in [0.15, 0.2) is 18.1 Å². The van der Waals surface area contributed by atoms with Gasteiger partial charge in [-0.1, -0.05) is 179 Å². The second-order valence-corrected chi connectivity index (χ2v) is 18.9. The zero-order valence-corrected chi connectivity index (χ0v) is 46.7. The molecule has 0 aliphatic heterocycles. The molecule has 6 aromatic carbocycles. The SMILES string of the molecule is CCOC(=O)C(c1ccccc1)N(C)C(=O)Cc1c(Cl)cccc1Cl.CCOC(=O)C(c1ccccc1)N(C)C(=O)Cc1ccc(Cl)c(Cl)c1.CCOC(=O)C(c1ccccc1)N(C)C(=O)Cc1ccc(Cl)cc1Cl. The number of esters is 3. The van der Waals surface area contributed by atoms with E-state index in [0.29, 0.717) is 58.0 Å². The third kappa shape index (κ3) is 18.3. The Hall–Kier alpha value is -6.12. The van der Waals surface area contributed by atoms with Crippen molar-refractivity contribution in [3.63, 3.8) is 0 Å². The Morgan fingerprint density at radius 2 is 0.787 bits per heavy atom. The van der Waals surface area contributed by atoms with Crippen molar-refractivity contribution < 1.29 is 43.0 Å². The molecule has 0 spiro atoms. The largest absolute Gasteiger partial charge is 0.464 e. The number of amides is 3. The first kappa shape index (κ1) is 61.4. The number of likely N-dealkylation sites (N-methyl/N-ethyl adjacent to an activating group) is 3. The number of ether oxygens (including phenoxy) is 3. The standard InChI is InChI=1S/3C19H19Cl2NO3/c1-3-25-19(24)18(13-8-5-4-6-9-13)22(2)17(23)12-14-15(20)10-7-11-16(14)21;1-3-25-19(24)18(14-7-5-4-6-8-14)22(2)17(23)12-13-9-10-15(20)16(21)11-13;1-3-25-19(24)18(13-7-5-4-6-8-13)22(2)17(23)11-14-9-10-15(20)12-16(14)21/h2*4-11,18H,3,12H2,1-2H3;4-10,12,18H,3,11H2,1-2H3. The summed E-state index contributed by atoms with van der Waals surface area (Å²) in [4.78, 5) is 79.5. The molecule has 0 aromatic heterocycles. The van der Waals surface area contributed by atoms with Gasteiger partial charge < -0.3 is 28.9 Å². The maximum atomic E-state index is 12.7. The molecule has 396 valence electrons. The number of benzene rings is 6. The summed E-state index contributed by atoms with van der Waals surface area (Å²) in [6, 6.07) is 39.8. The van der Waals surface area contributed by atoms with E-state index in [0.717, 1.165) is 5.56 Å². The molecule has 3 unspecified atom stereocenters. The normalized spacial score (nSPS) is 11.7. The van der Waals surface area contributed by atoms with Crippen LogP contribution >= 0.6 is 69.6 Å². The second-order valence-electron chi connectivity index (χ2n) is 16.4. The first-order valence-corrected chi connectivity index (χ1v) is 25.8. The molecule has 18 heteroatoms. The van der Waals surface area contributed by atoms with Crippen LogP contribution < -0.4 is 0 Å². The lowest BCUT2D eigenvalue weighted by Gasteiger charge is -2.27. The summed E-state index contributed by atoms with van der Waals surface area (Å²) in [5, 5.41) is 2.58. The van der Waals surface area contributed by atoms with Gasteiger partial charge in [-0.15, -0.1) is 0 Å². The Balaban J connectivity index is 0.000000243. The van der Waals surface area contributed by atoms with Gasteiger partial charge in [-0.25, -0.2) is 14.4 Å². The van der Waals surface area contributed by atoms with E-state index < -0.39 is 36.0 Å². The summed E-state index contributed by atoms with van der Waals surface area (Å²) in [6.07, 6.45) is 0.170. The molecule has 0 saturated carbocycles. The van der Waals surface area contributed by atoms with Crippen LogP contribution in [0, 0.1) is 0 Å². The number of hydrogen-bond acceptors (Lipinski definition) is 9. The number of carbonyl (C=O) groups is 6. The summed E-state index contributed by atoms with van der Waals surface area (Å²) in [5.74, 6) is -2.15. The van der Waals surface area contributed by atoms with Gasteiger partial charge in [0.05, 0.1) is 49.1 Å². The first-order chi connectivity index (χ1) is 35.8. The molecule has 75 heavy (non-hydrogen) atoms. The summed E-state index contributed by atoms with van der Waals surface area (Å²) in [7, 11) is 4.75. The molecule has 0 saturated heterocycles. The van der Waals surface area contributed by atoms with Gasteiger partial charge in [-0.3, -0.25) is 14.4 Å². The smallest absolute Gasteiger partial charge is 0.333 e. The molecule has 6 aromatic rings. The number of hydrogen-bond donors (Lipinski definition) is 0. The molecule has 0 aliphatic carbocycles. The summed E-state index contributed by atoms with van der Waals surface area (Å²) >= 11 is 36.2. The van der Waals surface area contributed by atoms with Crippen LogP contribution in [0.5, 0.6) is 0 Å². The van der Waals surface area contributed by atoms with Crippen molar-refractivity contribution in [2.24, 2.45) is 0 Å². The molecule has 12 nitrogen and oxygen atoms in total. The predicted octanol–water partition coefficient (Wildman–Crippen LogP) is 12.9. The molecular weight excluding hydrogens is 1080 g/mol. The Labute approximate surface area is 468 Å². The molecule has 0 heterocycles. The highest BCUT2D eigenvalue weighted by atomic mass is 35.5. The third-order valence-electron chi connectivity index (χ3n) is 11.3. The van der Waals surface area contributed by atoms with Crippen molar-refractivity contribution in [1.29, 1.82) is 0 Å². The van der Waals surface area contributed by atoms with Crippen LogP contribution in [-0.2, 0) is 62.2 Å². The number of halogens is 6. The minimum Gasteiger partial charge on any atom is -0.464 e. The van der Waals surface area contributed by atoms with Crippen LogP contribution in [0.25, 0.3) is 0 Å². The molecule has 0 fully saturated rings. The van der Waals surface area contributed by atoms with E-state index in [2.05, 4.69) is 0 Å². The van der Waals surface area contributed by atoms with E-state index in [1.54, 1.807) is 133 Å². The van der Waals surface area contributed by atoms with Gasteiger partial charge in [0.1, 0.15) is 0 Å². The van der Waals surface area contributed by atoms with E-state index in [-0.39, 0.29) is 56.8 Å². The Morgan fingerprint density at radius 3 is 1.16 bits per heavy atom. The van der Waals surface area contributed by atoms with Crippen LogP contribution in [0.4, 0.5) is 0 Å². The molecule has 0 radical (unpaired) electrons. The van der Waals surface area contributed by atoms with Gasteiger partial charge in [0, 0.05) is 41.2 Å². The molecule has 0 N–H and O–H groups in total. The van der Waals surface area contributed by atoms with Gasteiger partial charge in [0.2, 0.25) is 17.7 Å². The van der Waals surface area contributed by atoms with Crippen LogP contribution in [0.2, 0.25) is 30.1 Å². The maximum absolute atomic E-state index is 12.7. The average molecular weight is 1140 g/mol. The second kappa shape index (κ2) is 31.1. The molecule has 6 rings (SSSR count). The van der Waals surface area contributed by atoms with E-state index in [4.69, 9.17) is 83.8 Å². The van der Waals surface area contributed by atoms with Crippen LogP contribution in [-0.4, -0.2) is 91.3 Å². The predicted molar refractivity (Wildman–Crippen MR) is 296 cm³/mol. The van der Waals surface area contributed by atoms with Crippen LogP contribution in [0.1, 0.15) is 72.3 Å². The topological polar surface area (TPSA) is 140 Å². The molecule has 0 bridgehead atoms. The fourth-order valence-corrected chi connectivity index (χ4v) is 8.76. The average Bonchev–Trinajstić information content (AvgIpc) is 3.38. The number of rotatable bonds is 18. The summed E-state index contributed by atoms with van der Waals surface area (Å²) < 4.78 is 15.4. The summed E-state index contributed by atoms with van der Waals surface area (Å²) in [5.41, 5.74) is 3.99. The number of carbonyl (C=O) groups excluding carboxylic acids is 6. The van der Waals surface area contributed by atoms with E-state index in [1.807, 2.05) is 54.6 Å². The zero-order chi connectivity index (χ0) is 55.2. The van der Waals surface area contributed by atoms with Crippen molar-refractivity contribution in [1.82, 2.24) is 14.7 Å². The van der Waals surface area contributed by atoms with E-state index in [9.17, 15) is 28.8 Å². The van der Waals surface area contributed by atoms with Crippen LogP contribution in [0.3, 0.4) is 0 Å². The van der Waals surface area contributed by atoms with Crippen molar-refractivity contribution >= 4 is 105 Å². The third-order valence-corrected chi connectivity index (χ3v) is 13.3. The molecule has 3 amide bonds. The lowest BCUT2D eigenvalue weighted by atomic mass is 10.0. The Kier molecular flexibility index (Phi) is 25.4. The van der Waals surface area contributed by atoms with Crippen molar-refractivity contribution in [2.75, 3.05) is 41.0 Å². The van der Waals surface area contributed by atoms with Crippen molar-refractivity contribution in [3.05, 3.63) is 209 Å². The zero-order valence-electron chi connectivity index (χ0n) is 42.1. The highest BCUT2D eigenvalue weighted by Gasteiger charge is 2.32. The molecular formula is C57H57Cl6N3O9. The molecule has 3 atom stereocenters. The van der Waals surface area contributed by atoms with Crippen molar-refractivity contribution in [2.45, 2.75) is 58.2 Å². The highest BCUT2D eigenvalue weighted by molar-refractivity contribution is 6.42. The minimum absolute atomic E-state index is 0.00224.